The van der Waals surface area contributed by atoms with E-state index >= 15 is 0 Å². The van der Waals surface area contributed by atoms with Crippen molar-refractivity contribution in [3.8, 4) is 0 Å². The lowest BCUT2D eigenvalue weighted by Crippen LogP contribution is -2.44. The molecule has 2 aromatic rings. The molecule has 154 valence electrons. The van der Waals surface area contributed by atoms with Crippen LogP contribution in [0.3, 0.4) is 0 Å². The number of nitrogens with zero attached hydrogens (tertiary/aromatic N) is 1. The molecule has 1 fully saturated rings. The number of hydrogen-bond acceptors (Lipinski definition) is 3. The van der Waals surface area contributed by atoms with Gasteiger partial charge in [0.05, 0.1) is 12.7 Å². The van der Waals surface area contributed by atoms with Crippen LogP contribution in [0.5, 0.6) is 0 Å². The zero-order valence-electron chi connectivity index (χ0n) is 16.9. The Kier molecular flexibility index (Phi) is 6.99. The number of morpholine rings is 1. The molecule has 0 aromatic heterocycles. The van der Waals surface area contributed by atoms with Crippen molar-refractivity contribution in [3.63, 3.8) is 0 Å². The minimum atomic E-state index is -0.283. The molecule has 0 aliphatic carbocycles. The lowest BCUT2D eigenvalue weighted by Gasteiger charge is -2.31. The van der Waals surface area contributed by atoms with Crippen LogP contribution in [-0.2, 0) is 9.53 Å². The second kappa shape index (κ2) is 9.65. The predicted molar refractivity (Wildman–Crippen MR) is 110 cm³/mol. The first-order valence-corrected chi connectivity index (χ1v) is 10.0. The number of rotatable bonds is 6. The number of amides is 2. The zero-order valence-corrected chi connectivity index (χ0v) is 16.9. The Morgan fingerprint density at radius 1 is 1.17 bits per heavy atom. The Bertz CT molecular complexity index is 836. The van der Waals surface area contributed by atoms with E-state index in [2.05, 4.69) is 5.32 Å². The Morgan fingerprint density at radius 3 is 2.48 bits per heavy atom. The number of hydrogen-bond donors (Lipinski definition) is 1. The SMILES string of the molecule is CCC(CC(=O)Nc1ccc(C(=O)N2CCOC(C)C2)cc1)c1ccc(F)cc1. The molecule has 2 atom stereocenters. The van der Waals surface area contributed by atoms with Gasteiger partial charge < -0.3 is 15.0 Å². The molecule has 1 heterocycles. The summed E-state index contributed by atoms with van der Waals surface area (Å²) >= 11 is 0. The number of carbonyl (C=O) groups excluding carboxylic acids is 2. The van der Waals surface area contributed by atoms with Crippen molar-refractivity contribution in [2.75, 3.05) is 25.0 Å². The largest absolute Gasteiger partial charge is 0.375 e. The van der Waals surface area contributed by atoms with Crippen molar-refractivity contribution >= 4 is 17.5 Å². The van der Waals surface area contributed by atoms with Crippen molar-refractivity contribution in [1.82, 2.24) is 4.90 Å². The highest BCUT2D eigenvalue weighted by atomic mass is 19.1. The summed E-state index contributed by atoms with van der Waals surface area (Å²) < 4.78 is 18.6. The molecule has 29 heavy (non-hydrogen) atoms. The summed E-state index contributed by atoms with van der Waals surface area (Å²) in [6.07, 6.45) is 1.14. The Labute approximate surface area is 170 Å². The van der Waals surface area contributed by atoms with Crippen LogP contribution in [-0.4, -0.2) is 42.5 Å². The van der Waals surface area contributed by atoms with Gasteiger partial charge in [0.1, 0.15) is 5.82 Å². The average Bonchev–Trinajstić information content (AvgIpc) is 2.73. The molecule has 1 N–H and O–H groups in total. The molecule has 1 saturated heterocycles. The molecule has 1 aliphatic heterocycles. The maximum Gasteiger partial charge on any atom is 0.254 e. The summed E-state index contributed by atoms with van der Waals surface area (Å²) in [7, 11) is 0. The average molecular weight is 398 g/mol. The topological polar surface area (TPSA) is 58.6 Å². The molecule has 0 bridgehead atoms. The summed E-state index contributed by atoms with van der Waals surface area (Å²) in [6, 6.07) is 13.2. The second-order valence-electron chi connectivity index (χ2n) is 7.42. The van der Waals surface area contributed by atoms with Gasteiger partial charge in [0, 0.05) is 30.8 Å². The van der Waals surface area contributed by atoms with Gasteiger partial charge in [-0.05, 0) is 61.2 Å². The van der Waals surface area contributed by atoms with Gasteiger partial charge in [0.15, 0.2) is 0 Å². The molecule has 5 nitrogen and oxygen atoms in total. The summed E-state index contributed by atoms with van der Waals surface area (Å²) in [5.41, 5.74) is 2.19. The second-order valence-corrected chi connectivity index (χ2v) is 7.42. The molecular weight excluding hydrogens is 371 g/mol. The lowest BCUT2D eigenvalue weighted by atomic mass is 9.93. The Morgan fingerprint density at radius 2 is 1.86 bits per heavy atom. The van der Waals surface area contributed by atoms with Crippen molar-refractivity contribution in [2.45, 2.75) is 38.7 Å². The van der Waals surface area contributed by atoms with E-state index in [1.165, 1.54) is 12.1 Å². The molecule has 6 heteroatoms. The van der Waals surface area contributed by atoms with Crippen LogP contribution < -0.4 is 5.32 Å². The van der Waals surface area contributed by atoms with E-state index in [9.17, 15) is 14.0 Å². The van der Waals surface area contributed by atoms with Crippen LogP contribution >= 0.6 is 0 Å². The minimum absolute atomic E-state index is 0.0274. The summed E-state index contributed by atoms with van der Waals surface area (Å²) in [4.78, 5) is 26.8. The third-order valence-corrected chi connectivity index (χ3v) is 5.21. The number of benzene rings is 2. The van der Waals surface area contributed by atoms with Gasteiger partial charge in [0.25, 0.3) is 5.91 Å². The van der Waals surface area contributed by atoms with E-state index in [1.54, 1.807) is 41.3 Å². The molecule has 0 radical (unpaired) electrons. The fourth-order valence-electron chi connectivity index (χ4n) is 3.55. The van der Waals surface area contributed by atoms with Gasteiger partial charge in [-0.3, -0.25) is 9.59 Å². The fourth-order valence-corrected chi connectivity index (χ4v) is 3.55. The first-order valence-electron chi connectivity index (χ1n) is 10.0. The highest BCUT2D eigenvalue weighted by Crippen LogP contribution is 2.24. The van der Waals surface area contributed by atoms with Crippen LogP contribution in [0, 0.1) is 5.82 Å². The van der Waals surface area contributed by atoms with Crippen molar-refractivity contribution in [3.05, 3.63) is 65.5 Å². The van der Waals surface area contributed by atoms with Crippen LogP contribution in [0.25, 0.3) is 0 Å². The third-order valence-electron chi connectivity index (χ3n) is 5.21. The number of carbonyl (C=O) groups is 2. The maximum atomic E-state index is 13.1. The van der Waals surface area contributed by atoms with Crippen molar-refractivity contribution in [2.24, 2.45) is 0 Å². The lowest BCUT2D eigenvalue weighted by molar-refractivity contribution is -0.116. The molecule has 0 spiro atoms. The van der Waals surface area contributed by atoms with Crippen LogP contribution in [0.2, 0.25) is 0 Å². The molecular formula is C23H27FN2O3. The van der Waals surface area contributed by atoms with Crippen molar-refractivity contribution < 1.29 is 18.7 Å². The predicted octanol–water partition coefficient (Wildman–Crippen LogP) is 4.21. The van der Waals surface area contributed by atoms with Gasteiger partial charge in [-0.2, -0.15) is 0 Å². The monoisotopic (exact) mass is 398 g/mol. The highest BCUT2D eigenvalue weighted by molar-refractivity contribution is 5.96. The smallest absolute Gasteiger partial charge is 0.254 e. The van der Waals surface area contributed by atoms with Gasteiger partial charge in [-0.25, -0.2) is 4.39 Å². The maximum absolute atomic E-state index is 13.1. The molecule has 2 amide bonds. The number of ether oxygens (including phenoxy) is 1. The first kappa shape index (κ1) is 21.0. The standard InChI is InChI=1S/C23H27FN2O3/c1-3-17(18-4-8-20(24)9-5-18)14-22(27)25-21-10-6-19(7-11-21)23(28)26-12-13-29-16(2)15-26/h4-11,16-17H,3,12-15H2,1-2H3,(H,25,27). The van der Waals surface area contributed by atoms with Gasteiger partial charge >= 0.3 is 0 Å². The van der Waals surface area contributed by atoms with Crippen LogP contribution in [0.4, 0.5) is 10.1 Å². The van der Waals surface area contributed by atoms with Crippen LogP contribution in [0.1, 0.15) is 48.5 Å². The zero-order chi connectivity index (χ0) is 20.8. The molecule has 1 aliphatic rings. The summed E-state index contributed by atoms with van der Waals surface area (Å²) in [6.45, 7) is 5.68. The number of halogens is 1. The third kappa shape index (κ3) is 5.64. The molecule has 0 saturated carbocycles. The van der Waals surface area contributed by atoms with Crippen molar-refractivity contribution in [1.29, 1.82) is 0 Å². The van der Waals surface area contributed by atoms with E-state index in [4.69, 9.17) is 4.74 Å². The fraction of sp³-hybridized carbons (Fsp3) is 0.391. The van der Waals surface area contributed by atoms with E-state index in [0.717, 1.165) is 12.0 Å². The molecule has 3 rings (SSSR count). The van der Waals surface area contributed by atoms with Gasteiger partial charge in [-0.15, -0.1) is 0 Å². The van der Waals surface area contributed by atoms with Gasteiger partial charge in [-0.1, -0.05) is 19.1 Å². The Hall–Kier alpha value is -2.73. The molecule has 2 unspecified atom stereocenters. The minimum Gasteiger partial charge on any atom is -0.375 e. The van der Waals surface area contributed by atoms with E-state index in [1.807, 2.05) is 13.8 Å². The first-order chi connectivity index (χ1) is 14.0. The number of anilines is 1. The Balaban J connectivity index is 1.57. The summed E-state index contributed by atoms with van der Waals surface area (Å²) in [5.74, 6) is -0.392. The number of nitrogens with one attached hydrogen (secondary N) is 1. The molecule has 2 aromatic carbocycles. The summed E-state index contributed by atoms with van der Waals surface area (Å²) in [5, 5.41) is 2.88. The van der Waals surface area contributed by atoms with Crippen LogP contribution in [0.15, 0.2) is 48.5 Å². The normalized spacial score (nSPS) is 17.6. The van der Waals surface area contributed by atoms with E-state index in [0.29, 0.717) is 37.4 Å². The van der Waals surface area contributed by atoms with Gasteiger partial charge in [0.2, 0.25) is 5.91 Å². The van der Waals surface area contributed by atoms with E-state index in [-0.39, 0.29) is 29.7 Å². The quantitative estimate of drug-likeness (QED) is 0.793. The highest BCUT2D eigenvalue weighted by Gasteiger charge is 2.22. The van der Waals surface area contributed by atoms with E-state index < -0.39 is 0 Å².